The molecule has 3 rings (SSSR count). The summed E-state index contributed by atoms with van der Waals surface area (Å²) < 4.78 is 24.0. The van der Waals surface area contributed by atoms with Crippen LogP contribution in [0, 0.1) is 11.7 Å². The third kappa shape index (κ3) is 4.37. The van der Waals surface area contributed by atoms with Crippen LogP contribution in [-0.2, 0) is 6.61 Å². The summed E-state index contributed by atoms with van der Waals surface area (Å²) in [5.74, 6) is 1.77. The second-order valence-corrected chi connectivity index (χ2v) is 6.20. The zero-order chi connectivity index (χ0) is 16.9. The second-order valence-electron chi connectivity index (χ2n) is 6.20. The minimum Gasteiger partial charge on any atom is -0.486 e. The molecule has 24 heavy (non-hydrogen) atoms. The van der Waals surface area contributed by atoms with E-state index in [2.05, 4.69) is 6.92 Å². The molecule has 128 valence electrons. The summed E-state index contributed by atoms with van der Waals surface area (Å²) in [7, 11) is 0. The smallest absolute Gasteiger partial charge is 0.289 e. The van der Waals surface area contributed by atoms with E-state index in [-0.39, 0.29) is 18.3 Å². The lowest BCUT2D eigenvalue weighted by molar-refractivity contribution is 0.0711. The molecule has 1 amide bonds. The molecule has 0 unspecified atom stereocenters. The molecule has 2 aromatic rings. The minimum absolute atomic E-state index is 0.0585. The highest BCUT2D eigenvalue weighted by Gasteiger charge is 2.28. The van der Waals surface area contributed by atoms with E-state index in [1.165, 1.54) is 25.0 Å². The number of halogens is 1. The highest BCUT2D eigenvalue weighted by Crippen LogP contribution is 2.30. The van der Waals surface area contributed by atoms with Gasteiger partial charge in [-0.2, -0.15) is 0 Å². The molecule has 4 nitrogen and oxygen atoms in total. The molecule has 1 fully saturated rings. The van der Waals surface area contributed by atoms with Crippen molar-refractivity contribution in [3.05, 3.63) is 53.7 Å². The van der Waals surface area contributed by atoms with Gasteiger partial charge in [-0.1, -0.05) is 6.92 Å². The van der Waals surface area contributed by atoms with Crippen LogP contribution in [0.3, 0.4) is 0 Å². The number of nitrogens with zero attached hydrogens (tertiary/aromatic N) is 1. The summed E-state index contributed by atoms with van der Waals surface area (Å²) >= 11 is 0. The van der Waals surface area contributed by atoms with Crippen molar-refractivity contribution in [1.29, 1.82) is 0 Å². The third-order valence-corrected chi connectivity index (χ3v) is 4.02. The SMILES string of the molecule is CCCN(CC1CC1)C(=O)c1ccc(COc2ccc(F)cc2)o1. The Kier molecular flexibility index (Phi) is 5.18. The number of furan rings is 1. The Morgan fingerprint density at radius 3 is 2.67 bits per heavy atom. The number of amides is 1. The zero-order valence-corrected chi connectivity index (χ0v) is 13.8. The lowest BCUT2D eigenvalue weighted by Gasteiger charge is -2.20. The summed E-state index contributed by atoms with van der Waals surface area (Å²) in [5, 5.41) is 0. The Bertz CT molecular complexity index is 676. The molecule has 1 aromatic heterocycles. The average molecular weight is 331 g/mol. The number of rotatable bonds is 8. The average Bonchev–Trinajstić information content (AvgIpc) is 3.28. The molecule has 5 heteroatoms. The van der Waals surface area contributed by atoms with E-state index in [4.69, 9.17) is 9.15 Å². The fourth-order valence-electron chi connectivity index (χ4n) is 2.57. The van der Waals surface area contributed by atoms with Gasteiger partial charge in [-0.3, -0.25) is 4.79 Å². The first-order chi connectivity index (χ1) is 11.7. The number of carbonyl (C=O) groups excluding carboxylic acids is 1. The first-order valence-electron chi connectivity index (χ1n) is 8.42. The van der Waals surface area contributed by atoms with Gasteiger partial charge in [0.05, 0.1) is 0 Å². The van der Waals surface area contributed by atoms with Crippen molar-refractivity contribution in [2.75, 3.05) is 13.1 Å². The van der Waals surface area contributed by atoms with Gasteiger partial charge in [0.15, 0.2) is 5.76 Å². The molecular formula is C19H22FNO3. The first-order valence-corrected chi connectivity index (χ1v) is 8.42. The molecular weight excluding hydrogens is 309 g/mol. The summed E-state index contributed by atoms with van der Waals surface area (Å²) in [5.41, 5.74) is 0. The molecule has 1 aliphatic carbocycles. The Labute approximate surface area is 141 Å². The first kappa shape index (κ1) is 16.6. The van der Waals surface area contributed by atoms with Gasteiger partial charge in [0.1, 0.15) is 23.9 Å². The molecule has 0 bridgehead atoms. The fraction of sp³-hybridized carbons (Fsp3) is 0.421. The van der Waals surface area contributed by atoms with Crippen molar-refractivity contribution in [2.24, 2.45) is 5.92 Å². The van der Waals surface area contributed by atoms with Crippen LogP contribution >= 0.6 is 0 Å². The van der Waals surface area contributed by atoms with Gasteiger partial charge in [-0.05, 0) is 61.6 Å². The fourth-order valence-corrected chi connectivity index (χ4v) is 2.57. The van der Waals surface area contributed by atoms with Gasteiger partial charge in [-0.25, -0.2) is 4.39 Å². The van der Waals surface area contributed by atoms with E-state index in [0.717, 1.165) is 19.5 Å². The standard InChI is InChI=1S/C19H22FNO3/c1-2-11-21(12-14-3-4-14)19(22)18-10-9-17(24-18)13-23-16-7-5-15(20)6-8-16/h5-10,14H,2-4,11-13H2,1H3. The normalized spacial score (nSPS) is 13.8. The molecule has 1 saturated carbocycles. The number of hydrogen-bond donors (Lipinski definition) is 0. The van der Waals surface area contributed by atoms with E-state index < -0.39 is 0 Å². The lowest BCUT2D eigenvalue weighted by Crippen LogP contribution is -2.33. The van der Waals surface area contributed by atoms with Gasteiger partial charge < -0.3 is 14.1 Å². The molecule has 0 radical (unpaired) electrons. The maximum atomic E-state index is 12.9. The monoisotopic (exact) mass is 331 g/mol. The predicted molar refractivity (Wildman–Crippen MR) is 88.4 cm³/mol. The van der Waals surface area contributed by atoms with Crippen LogP contribution in [0.1, 0.15) is 42.5 Å². The Hall–Kier alpha value is -2.30. The van der Waals surface area contributed by atoms with Crippen LogP contribution in [-0.4, -0.2) is 23.9 Å². The topological polar surface area (TPSA) is 42.7 Å². The molecule has 0 aliphatic heterocycles. The van der Waals surface area contributed by atoms with Crippen LogP contribution < -0.4 is 4.74 Å². The Morgan fingerprint density at radius 2 is 2.00 bits per heavy atom. The van der Waals surface area contributed by atoms with Gasteiger partial charge in [0, 0.05) is 13.1 Å². The number of hydrogen-bond acceptors (Lipinski definition) is 3. The highest BCUT2D eigenvalue weighted by atomic mass is 19.1. The maximum absolute atomic E-state index is 12.9. The second kappa shape index (κ2) is 7.51. The largest absolute Gasteiger partial charge is 0.486 e. The lowest BCUT2D eigenvalue weighted by atomic mass is 10.3. The molecule has 0 atom stereocenters. The van der Waals surface area contributed by atoms with Crippen molar-refractivity contribution < 1.29 is 18.3 Å². The van der Waals surface area contributed by atoms with E-state index in [1.54, 1.807) is 24.3 Å². The summed E-state index contributed by atoms with van der Waals surface area (Å²) in [6.07, 6.45) is 3.35. The summed E-state index contributed by atoms with van der Waals surface area (Å²) in [4.78, 5) is 14.4. The Balaban J connectivity index is 1.58. The van der Waals surface area contributed by atoms with Crippen molar-refractivity contribution in [2.45, 2.75) is 32.8 Å². The van der Waals surface area contributed by atoms with Crippen LogP contribution in [0.25, 0.3) is 0 Å². The van der Waals surface area contributed by atoms with Gasteiger partial charge in [0.2, 0.25) is 0 Å². The van der Waals surface area contributed by atoms with Crippen LogP contribution in [0.15, 0.2) is 40.8 Å². The predicted octanol–water partition coefficient (Wildman–Crippen LogP) is 4.26. The highest BCUT2D eigenvalue weighted by molar-refractivity contribution is 5.91. The van der Waals surface area contributed by atoms with E-state index in [1.807, 2.05) is 4.90 Å². The van der Waals surface area contributed by atoms with Crippen LogP contribution in [0.4, 0.5) is 4.39 Å². The van der Waals surface area contributed by atoms with Gasteiger partial charge >= 0.3 is 0 Å². The molecule has 0 saturated heterocycles. The van der Waals surface area contributed by atoms with Gasteiger partial charge in [-0.15, -0.1) is 0 Å². The molecule has 1 heterocycles. The number of benzene rings is 1. The number of ether oxygens (including phenoxy) is 1. The summed E-state index contributed by atoms with van der Waals surface area (Å²) in [6.45, 7) is 3.83. The van der Waals surface area contributed by atoms with E-state index >= 15 is 0 Å². The Morgan fingerprint density at radius 1 is 1.25 bits per heavy atom. The van der Waals surface area contributed by atoms with E-state index in [0.29, 0.717) is 23.2 Å². The van der Waals surface area contributed by atoms with Crippen molar-refractivity contribution in [3.63, 3.8) is 0 Å². The van der Waals surface area contributed by atoms with Crippen molar-refractivity contribution >= 4 is 5.91 Å². The summed E-state index contributed by atoms with van der Waals surface area (Å²) in [6, 6.07) is 9.24. The third-order valence-electron chi connectivity index (χ3n) is 4.02. The molecule has 0 N–H and O–H groups in total. The van der Waals surface area contributed by atoms with Crippen LogP contribution in [0.2, 0.25) is 0 Å². The number of carbonyl (C=O) groups is 1. The quantitative estimate of drug-likeness (QED) is 0.726. The zero-order valence-electron chi connectivity index (χ0n) is 13.8. The molecule has 1 aromatic carbocycles. The minimum atomic E-state index is -0.306. The van der Waals surface area contributed by atoms with E-state index in [9.17, 15) is 9.18 Å². The van der Waals surface area contributed by atoms with Gasteiger partial charge in [0.25, 0.3) is 5.91 Å². The van der Waals surface area contributed by atoms with Crippen molar-refractivity contribution in [1.82, 2.24) is 4.90 Å². The molecule has 1 aliphatic rings. The molecule has 0 spiro atoms. The van der Waals surface area contributed by atoms with Crippen molar-refractivity contribution in [3.8, 4) is 5.75 Å². The van der Waals surface area contributed by atoms with Crippen LogP contribution in [0.5, 0.6) is 5.75 Å². The maximum Gasteiger partial charge on any atom is 0.289 e.